The molecule has 78 heavy (non-hydrogen) atoms. The quantitative estimate of drug-likeness (QED) is 0.0643. The number of rotatable bonds is 15. The minimum atomic E-state index is -2.04. The van der Waals surface area contributed by atoms with Crippen molar-refractivity contribution in [3.8, 4) is 0 Å². The fourth-order valence-electron chi connectivity index (χ4n) is 11.2. The van der Waals surface area contributed by atoms with E-state index in [1.807, 2.05) is 66.7 Å². The third-order valence-electron chi connectivity index (χ3n) is 15.8. The van der Waals surface area contributed by atoms with Gasteiger partial charge in [0.2, 0.25) is 0 Å². The fraction of sp³-hybridized carbons (Fsp3) is 0.627. The number of amides is 1. The molecule has 3 aliphatic rings. The van der Waals surface area contributed by atoms with Crippen LogP contribution in [0.2, 0.25) is 0 Å². The zero-order valence-corrected chi connectivity index (χ0v) is 47.3. The number of hydrogen-bond donors (Lipinski definition) is 4. The Hall–Kier alpha value is -5.22. The van der Waals surface area contributed by atoms with Gasteiger partial charge in [-0.1, -0.05) is 124 Å². The van der Waals surface area contributed by atoms with Crippen LogP contribution in [0.1, 0.15) is 112 Å². The Morgan fingerprint density at radius 1 is 0.744 bits per heavy atom. The number of esters is 1. The van der Waals surface area contributed by atoms with Crippen LogP contribution in [0, 0.1) is 23.7 Å². The van der Waals surface area contributed by atoms with E-state index in [0.717, 1.165) is 11.1 Å². The summed E-state index contributed by atoms with van der Waals surface area (Å²) in [6.07, 6.45) is -13.8. The van der Waals surface area contributed by atoms with Crippen LogP contribution in [0.15, 0.2) is 96.2 Å². The molecule has 18 atom stereocenters. The van der Waals surface area contributed by atoms with Gasteiger partial charge in [-0.3, -0.25) is 4.79 Å². The molecule has 0 radical (unpaired) electrons. The number of oxime groups is 1. The molecule has 0 saturated carbocycles. The molecule has 3 aromatic rings. The predicted molar refractivity (Wildman–Crippen MR) is 286 cm³/mol. The predicted octanol–water partition coefficient (Wildman–Crippen LogP) is 7.86. The standard InChI is InChI=1S/C59H84N2O17/c1-13-45-59(10,68)50(62)37(4)47(60-72-34-43-27-21-16-22-28-43)35(2)30-57(8,67)52(38(5)48(39(6)53(64)75-45)76-46-31-58(9,69-12)51(63)40(7)74-46)78-54-49(77-56(66)71-33-42-25-19-15-20-26-42)44(29-36(3)73-54)61(11)55(65)70-32-41-23-17-14-18-24-41/h14-28,35-40,44-46,48-52,54,62-63,67-68H,13,29-34H2,1-12H3/b60-47+/t35-,36-,37+,38+,39-,40+,44+,45-,46+,48+,49-,50-,51+,52-,54+,57-,58-,59-/m1/s1. The molecule has 0 spiro atoms. The van der Waals surface area contributed by atoms with E-state index in [1.165, 1.54) is 26.0 Å². The lowest BCUT2D eigenvalue weighted by molar-refractivity contribution is -0.318. The van der Waals surface area contributed by atoms with Crippen molar-refractivity contribution in [2.24, 2.45) is 28.8 Å². The highest BCUT2D eigenvalue weighted by atomic mass is 16.8. The molecule has 0 bridgehead atoms. The van der Waals surface area contributed by atoms with E-state index in [9.17, 15) is 34.8 Å². The van der Waals surface area contributed by atoms with Crippen LogP contribution in [0.3, 0.4) is 0 Å². The van der Waals surface area contributed by atoms with Crippen LogP contribution < -0.4 is 0 Å². The maximum Gasteiger partial charge on any atom is 0.509 e. The third-order valence-corrected chi connectivity index (χ3v) is 15.8. The van der Waals surface area contributed by atoms with Crippen molar-refractivity contribution in [1.82, 2.24) is 4.90 Å². The summed E-state index contributed by atoms with van der Waals surface area (Å²) in [5.41, 5.74) is -2.63. The number of nitrogens with zero attached hydrogens (tertiary/aromatic N) is 2. The van der Waals surface area contributed by atoms with E-state index in [0.29, 0.717) is 5.56 Å². The normalized spacial score (nSPS) is 36.6. The number of carbonyl (C=O) groups is 3. The largest absolute Gasteiger partial charge is 0.509 e. The first-order valence-electron chi connectivity index (χ1n) is 27.1. The van der Waals surface area contributed by atoms with Crippen LogP contribution in [0.25, 0.3) is 0 Å². The first-order valence-corrected chi connectivity index (χ1v) is 27.1. The molecular formula is C59H84N2O17. The second-order valence-corrected chi connectivity index (χ2v) is 22.1. The minimum absolute atomic E-state index is 0.0107. The number of benzene rings is 3. The van der Waals surface area contributed by atoms with Gasteiger partial charge in [0.15, 0.2) is 18.7 Å². The van der Waals surface area contributed by atoms with Crippen molar-refractivity contribution in [3.05, 3.63) is 108 Å². The highest BCUT2D eigenvalue weighted by Crippen LogP contribution is 2.42. The molecule has 19 heteroatoms. The molecule has 3 heterocycles. The maximum absolute atomic E-state index is 14.8. The summed E-state index contributed by atoms with van der Waals surface area (Å²) < 4.78 is 56.5. The van der Waals surface area contributed by atoms with Crippen LogP contribution >= 0.6 is 0 Å². The number of carbonyl (C=O) groups excluding carboxylic acids is 3. The number of methoxy groups -OCH3 is 1. The second kappa shape index (κ2) is 27.3. The van der Waals surface area contributed by atoms with Crippen molar-refractivity contribution in [2.75, 3.05) is 14.2 Å². The van der Waals surface area contributed by atoms with Gasteiger partial charge in [0, 0.05) is 38.3 Å². The van der Waals surface area contributed by atoms with E-state index in [-0.39, 0.29) is 51.2 Å². The van der Waals surface area contributed by atoms with Crippen molar-refractivity contribution in [3.63, 3.8) is 0 Å². The van der Waals surface area contributed by atoms with E-state index in [2.05, 4.69) is 5.16 Å². The summed E-state index contributed by atoms with van der Waals surface area (Å²) in [5, 5.41) is 53.6. The van der Waals surface area contributed by atoms with Gasteiger partial charge in [-0.15, -0.1) is 0 Å². The Morgan fingerprint density at radius 2 is 1.31 bits per heavy atom. The molecule has 3 aliphatic heterocycles. The van der Waals surface area contributed by atoms with Gasteiger partial charge in [-0.2, -0.15) is 0 Å². The second-order valence-electron chi connectivity index (χ2n) is 22.1. The number of aliphatic hydroxyl groups excluding tert-OH is 2. The minimum Gasteiger partial charge on any atom is -0.459 e. The third kappa shape index (κ3) is 15.4. The van der Waals surface area contributed by atoms with Crippen LogP contribution in [-0.4, -0.2) is 148 Å². The van der Waals surface area contributed by atoms with Gasteiger partial charge < -0.3 is 72.8 Å². The zero-order chi connectivity index (χ0) is 57.1. The van der Waals surface area contributed by atoms with Gasteiger partial charge in [0.25, 0.3) is 0 Å². The Balaban J connectivity index is 1.47. The van der Waals surface area contributed by atoms with Crippen molar-refractivity contribution < 1.29 is 82.3 Å². The first-order chi connectivity index (χ1) is 36.9. The van der Waals surface area contributed by atoms with Crippen LogP contribution in [-0.2, 0) is 72.1 Å². The number of cyclic esters (lactones) is 1. The number of aliphatic hydroxyl groups is 4. The summed E-state index contributed by atoms with van der Waals surface area (Å²) in [5.74, 6) is -4.73. The average molecular weight is 1090 g/mol. The van der Waals surface area contributed by atoms with E-state index >= 15 is 0 Å². The number of likely N-dealkylation sites (N-methyl/N-ethyl adjacent to an activating group) is 1. The molecule has 0 aliphatic carbocycles. The van der Waals surface area contributed by atoms with Crippen molar-refractivity contribution in [2.45, 2.75) is 199 Å². The van der Waals surface area contributed by atoms with Gasteiger partial charge in [0.1, 0.15) is 37.6 Å². The lowest BCUT2D eigenvalue weighted by Crippen LogP contribution is -2.62. The molecule has 3 fully saturated rings. The molecule has 0 unspecified atom stereocenters. The Kier molecular flexibility index (Phi) is 21.7. The molecule has 0 aromatic heterocycles. The molecule has 432 valence electrons. The SMILES string of the molecule is CC[C@H]1OC(=O)[C@H](C)[C@@H](O[C@H]2C[C@@](C)(OC)[C@@H](O)[C@H](C)O2)[C@H](C)[C@@H](O[C@@H]2O[C@H](C)C[C@H](N(C)C(=O)OCc3ccccc3)[C@H]2OC(=O)OCc2ccccc2)[C@](C)(O)C[C@@H](C)/C(=N\OCc2ccccc2)[C@H](C)[C@@H](O)[C@]1(C)O. The van der Waals surface area contributed by atoms with Crippen LogP contribution in [0.5, 0.6) is 0 Å². The summed E-state index contributed by atoms with van der Waals surface area (Å²) >= 11 is 0. The Morgan fingerprint density at radius 3 is 1.87 bits per heavy atom. The Labute approximate surface area is 459 Å². The Bertz CT molecular complexity index is 2400. The van der Waals surface area contributed by atoms with E-state index in [1.54, 1.807) is 86.6 Å². The molecular weight excluding hydrogens is 1010 g/mol. The van der Waals surface area contributed by atoms with Crippen molar-refractivity contribution in [1.29, 1.82) is 0 Å². The lowest BCUT2D eigenvalue weighted by atomic mass is 9.73. The smallest absolute Gasteiger partial charge is 0.459 e. The molecule has 4 N–H and O–H groups in total. The highest BCUT2D eigenvalue weighted by molar-refractivity contribution is 5.88. The molecule has 3 saturated heterocycles. The molecule has 6 rings (SSSR count). The molecule has 3 aromatic carbocycles. The summed E-state index contributed by atoms with van der Waals surface area (Å²) in [6, 6.07) is 26.5. The first kappa shape index (κ1) is 62.0. The van der Waals surface area contributed by atoms with Gasteiger partial charge in [-0.25, -0.2) is 9.59 Å². The monoisotopic (exact) mass is 1090 g/mol. The number of ether oxygens (including phenoxy) is 9. The molecule has 19 nitrogen and oxygen atoms in total. The summed E-state index contributed by atoms with van der Waals surface area (Å²) in [6.45, 7) is 16.5. The zero-order valence-electron chi connectivity index (χ0n) is 47.3. The van der Waals surface area contributed by atoms with Gasteiger partial charge >= 0.3 is 18.2 Å². The number of hydrogen-bond acceptors (Lipinski definition) is 18. The summed E-state index contributed by atoms with van der Waals surface area (Å²) in [7, 11) is 2.99. The topological polar surface area (TPSA) is 240 Å². The van der Waals surface area contributed by atoms with E-state index in [4.69, 9.17) is 47.5 Å². The van der Waals surface area contributed by atoms with Crippen molar-refractivity contribution >= 4 is 23.9 Å². The highest BCUT2D eigenvalue weighted by Gasteiger charge is 2.54. The van der Waals surface area contributed by atoms with Gasteiger partial charge in [-0.05, 0) is 77.5 Å². The van der Waals surface area contributed by atoms with Gasteiger partial charge in [0.05, 0.1) is 59.4 Å². The lowest BCUT2D eigenvalue weighted by Gasteiger charge is -2.49. The average Bonchev–Trinajstić information content (AvgIpc) is 3.47. The maximum atomic E-state index is 14.8. The molecule has 1 amide bonds. The summed E-state index contributed by atoms with van der Waals surface area (Å²) in [4.78, 5) is 50.0. The fourth-order valence-corrected chi connectivity index (χ4v) is 11.2. The van der Waals surface area contributed by atoms with E-state index < -0.39 is 126 Å². The van der Waals surface area contributed by atoms with Crippen LogP contribution in [0.4, 0.5) is 9.59 Å².